The molecule has 1 unspecified atom stereocenters. The van der Waals surface area contributed by atoms with Gasteiger partial charge in [0.15, 0.2) is 0 Å². The Hall–Kier alpha value is -1.49. The van der Waals surface area contributed by atoms with Crippen molar-refractivity contribution in [3.8, 4) is 0 Å². The van der Waals surface area contributed by atoms with E-state index in [0.717, 1.165) is 17.1 Å². The predicted octanol–water partition coefficient (Wildman–Crippen LogP) is 4.13. The molecule has 0 bridgehead atoms. The average Bonchev–Trinajstić information content (AvgIpc) is 2.66. The van der Waals surface area contributed by atoms with E-state index in [4.69, 9.17) is 5.73 Å². The van der Waals surface area contributed by atoms with Gasteiger partial charge in [-0.15, -0.1) is 0 Å². The Morgan fingerprint density at radius 1 is 1.20 bits per heavy atom. The molecule has 0 saturated heterocycles. The van der Waals surface area contributed by atoms with E-state index >= 15 is 0 Å². The molecule has 0 aliphatic heterocycles. The van der Waals surface area contributed by atoms with Crippen LogP contribution in [0.25, 0.3) is 10.9 Å². The molecule has 1 heterocycles. The number of nitrogens with two attached hydrogens (primary N) is 1. The zero-order valence-electron chi connectivity index (χ0n) is 11.8. The first-order valence-electron chi connectivity index (χ1n) is 6.66. The highest BCUT2D eigenvalue weighted by Gasteiger charge is 2.31. The van der Waals surface area contributed by atoms with Gasteiger partial charge in [0.1, 0.15) is 0 Å². The summed E-state index contributed by atoms with van der Waals surface area (Å²) < 4.78 is 40.5. The van der Waals surface area contributed by atoms with Crippen molar-refractivity contribution >= 4 is 10.9 Å². The smallest absolute Gasteiger partial charge is 0.345 e. The van der Waals surface area contributed by atoms with Crippen LogP contribution in [0.3, 0.4) is 0 Å². The first-order valence-corrected chi connectivity index (χ1v) is 6.66. The molecule has 110 valence electrons. The van der Waals surface area contributed by atoms with Gasteiger partial charge in [-0.1, -0.05) is 0 Å². The van der Waals surface area contributed by atoms with Crippen molar-refractivity contribution in [1.29, 1.82) is 0 Å². The summed E-state index contributed by atoms with van der Waals surface area (Å²) in [5.74, 6) is 0. The highest BCUT2D eigenvalue weighted by molar-refractivity contribution is 5.85. The van der Waals surface area contributed by atoms with Gasteiger partial charge in [0.25, 0.3) is 0 Å². The molecule has 0 amide bonds. The molecule has 20 heavy (non-hydrogen) atoms. The van der Waals surface area contributed by atoms with Gasteiger partial charge in [-0.25, -0.2) is 0 Å². The lowest BCUT2D eigenvalue weighted by atomic mass is 10.0. The van der Waals surface area contributed by atoms with Gasteiger partial charge in [-0.2, -0.15) is 13.2 Å². The van der Waals surface area contributed by atoms with Crippen LogP contribution in [0.4, 0.5) is 13.2 Å². The van der Waals surface area contributed by atoms with E-state index in [-0.39, 0.29) is 12.1 Å². The van der Waals surface area contributed by atoms with E-state index in [1.165, 1.54) is 6.07 Å². The summed E-state index contributed by atoms with van der Waals surface area (Å²) in [7, 11) is 0. The maximum Gasteiger partial charge on any atom is 0.416 e. The molecule has 2 N–H and O–H groups in total. The van der Waals surface area contributed by atoms with Gasteiger partial charge in [0.05, 0.1) is 5.56 Å². The van der Waals surface area contributed by atoms with Gasteiger partial charge >= 0.3 is 6.18 Å². The number of alkyl halides is 3. The third-order valence-electron chi connectivity index (χ3n) is 3.34. The van der Waals surface area contributed by atoms with Crippen LogP contribution in [0.2, 0.25) is 0 Å². The summed E-state index contributed by atoms with van der Waals surface area (Å²) in [6, 6.07) is 4.01. The van der Waals surface area contributed by atoms with Crippen molar-refractivity contribution in [2.45, 2.75) is 45.5 Å². The normalized spacial score (nSPS) is 14.2. The van der Waals surface area contributed by atoms with E-state index < -0.39 is 11.7 Å². The summed E-state index contributed by atoms with van der Waals surface area (Å²) in [6.07, 6.45) is -1.84. The molecule has 1 atom stereocenters. The molecule has 0 saturated carbocycles. The molecule has 2 aromatic rings. The molecule has 2 rings (SSSR count). The lowest BCUT2D eigenvalue weighted by molar-refractivity contribution is -0.137. The Labute approximate surface area is 116 Å². The summed E-state index contributed by atoms with van der Waals surface area (Å²) >= 11 is 0. The summed E-state index contributed by atoms with van der Waals surface area (Å²) in [5, 5.41) is 0.644. The number of hydrogen-bond donors (Lipinski definition) is 1. The Morgan fingerprint density at radius 2 is 1.85 bits per heavy atom. The largest absolute Gasteiger partial charge is 0.416 e. The molecule has 0 radical (unpaired) electrons. The molecule has 2 nitrogen and oxygen atoms in total. The molecule has 0 fully saturated rings. The first kappa shape index (κ1) is 14.9. The van der Waals surface area contributed by atoms with Crippen LogP contribution in [0, 0.1) is 0 Å². The monoisotopic (exact) mass is 284 g/mol. The molecule has 0 aliphatic rings. The lowest BCUT2D eigenvalue weighted by Gasteiger charge is -2.10. The summed E-state index contributed by atoms with van der Waals surface area (Å²) in [4.78, 5) is 0. The van der Waals surface area contributed by atoms with Crippen LogP contribution in [-0.2, 0) is 12.6 Å². The molecule has 0 spiro atoms. The Balaban J connectivity index is 2.65. The van der Waals surface area contributed by atoms with Gasteiger partial charge < -0.3 is 10.3 Å². The maximum absolute atomic E-state index is 12.8. The van der Waals surface area contributed by atoms with Crippen LogP contribution < -0.4 is 5.73 Å². The van der Waals surface area contributed by atoms with E-state index in [1.807, 2.05) is 31.5 Å². The Kier molecular flexibility index (Phi) is 3.82. The highest BCUT2D eigenvalue weighted by atomic mass is 19.4. The lowest BCUT2D eigenvalue weighted by Crippen LogP contribution is -2.17. The van der Waals surface area contributed by atoms with Crippen molar-refractivity contribution in [3.05, 3.63) is 35.5 Å². The van der Waals surface area contributed by atoms with Crippen LogP contribution in [-0.4, -0.2) is 10.6 Å². The zero-order chi connectivity index (χ0) is 15.1. The van der Waals surface area contributed by atoms with Gasteiger partial charge in [-0.3, -0.25) is 0 Å². The van der Waals surface area contributed by atoms with Crippen LogP contribution in [0.1, 0.15) is 37.9 Å². The molecular formula is C15H19F3N2. The average molecular weight is 284 g/mol. The second-order valence-electron chi connectivity index (χ2n) is 5.57. The highest BCUT2D eigenvalue weighted by Crippen LogP contribution is 2.34. The van der Waals surface area contributed by atoms with Crippen molar-refractivity contribution in [1.82, 2.24) is 4.57 Å². The van der Waals surface area contributed by atoms with E-state index in [1.54, 1.807) is 6.07 Å². The molecular weight excluding hydrogens is 265 g/mol. The number of benzene rings is 1. The summed E-state index contributed by atoms with van der Waals surface area (Å²) in [5.41, 5.74) is 6.87. The number of fused-ring (bicyclic) bond motifs is 1. The zero-order valence-corrected chi connectivity index (χ0v) is 11.8. The number of aromatic nitrogens is 1. The third kappa shape index (κ3) is 2.82. The molecule has 1 aromatic carbocycles. The Bertz CT molecular complexity index is 609. The second-order valence-corrected chi connectivity index (χ2v) is 5.57. The van der Waals surface area contributed by atoms with Crippen molar-refractivity contribution < 1.29 is 13.2 Å². The van der Waals surface area contributed by atoms with Crippen molar-refractivity contribution in [3.63, 3.8) is 0 Å². The van der Waals surface area contributed by atoms with Crippen LogP contribution in [0.5, 0.6) is 0 Å². The van der Waals surface area contributed by atoms with Crippen molar-refractivity contribution in [2.24, 2.45) is 5.73 Å². The van der Waals surface area contributed by atoms with E-state index in [2.05, 4.69) is 0 Å². The van der Waals surface area contributed by atoms with Gasteiger partial charge in [0.2, 0.25) is 0 Å². The van der Waals surface area contributed by atoms with Gasteiger partial charge in [0, 0.05) is 29.2 Å². The van der Waals surface area contributed by atoms with E-state index in [0.29, 0.717) is 11.8 Å². The minimum absolute atomic E-state index is 0.0873. The number of nitrogens with zero attached hydrogens (tertiary/aromatic N) is 1. The molecule has 0 aliphatic carbocycles. The number of hydrogen-bond acceptors (Lipinski definition) is 1. The third-order valence-corrected chi connectivity index (χ3v) is 3.34. The topological polar surface area (TPSA) is 30.9 Å². The SMILES string of the molecule is CC(N)Cc1cn(C(C)C)c2ccc(C(F)(F)F)cc12. The van der Waals surface area contributed by atoms with Crippen LogP contribution in [0.15, 0.2) is 24.4 Å². The number of rotatable bonds is 3. The Morgan fingerprint density at radius 3 is 2.35 bits per heavy atom. The first-order chi connectivity index (χ1) is 9.20. The quantitative estimate of drug-likeness (QED) is 0.902. The molecule has 1 aromatic heterocycles. The fraction of sp³-hybridized carbons (Fsp3) is 0.467. The standard InChI is InChI=1S/C15H19F3N2/c1-9(2)20-8-11(6-10(3)19)13-7-12(15(16,17)18)4-5-14(13)20/h4-5,7-10H,6,19H2,1-3H3. The van der Waals surface area contributed by atoms with Crippen molar-refractivity contribution in [2.75, 3.05) is 0 Å². The van der Waals surface area contributed by atoms with Crippen LogP contribution >= 0.6 is 0 Å². The predicted molar refractivity (Wildman–Crippen MR) is 74.7 cm³/mol. The fourth-order valence-electron chi connectivity index (χ4n) is 2.44. The maximum atomic E-state index is 12.8. The molecule has 5 heteroatoms. The number of halogens is 3. The van der Waals surface area contributed by atoms with Gasteiger partial charge in [-0.05, 0) is 51.0 Å². The minimum Gasteiger partial charge on any atom is -0.345 e. The fourth-order valence-corrected chi connectivity index (χ4v) is 2.44. The minimum atomic E-state index is -4.32. The summed E-state index contributed by atoms with van der Waals surface area (Å²) in [6.45, 7) is 5.87. The second kappa shape index (κ2) is 5.13. The van der Waals surface area contributed by atoms with E-state index in [9.17, 15) is 13.2 Å².